The third kappa shape index (κ3) is 4.00. The summed E-state index contributed by atoms with van der Waals surface area (Å²) in [6, 6.07) is 14.7. The standard InChI is InChI=1S/C23H18Cl2N2O2/c1-14-12-26-7-6-21(14)23(28)27(20-10-18(24)9-19(25)11-20)13-17-5-3-4-16-8-15(2)29-22(16)17/h3-12H,13H2,1-2H3. The summed E-state index contributed by atoms with van der Waals surface area (Å²) in [6.45, 7) is 4.07. The molecule has 4 aromatic rings. The normalized spacial score (nSPS) is 11.0. The fourth-order valence-corrected chi connectivity index (χ4v) is 3.90. The number of hydrogen-bond donors (Lipinski definition) is 0. The number of halogens is 2. The number of amides is 1. The number of anilines is 1. The van der Waals surface area contributed by atoms with Crippen molar-refractivity contribution in [2.24, 2.45) is 0 Å². The van der Waals surface area contributed by atoms with E-state index in [9.17, 15) is 4.79 Å². The molecule has 0 saturated carbocycles. The maximum Gasteiger partial charge on any atom is 0.258 e. The van der Waals surface area contributed by atoms with Crippen LogP contribution in [0, 0.1) is 13.8 Å². The molecule has 2 aromatic carbocycles. The fourth-order valence-electron chi connectivity index (χ4n) is 3.38. The predicted octanol–water partition coefficient (Wildman–Crippen LogP) is 6.60. The Hall–Kier alpha value is -2.82. The highest BCUT2D eigenvalue weighted by Gasteiger charge is 2.22. The molecule has 29 heavy (non-hydrogen) atoms. The molecule has 4 nitrogen and oxygen atoms in total. The van der Waals surface area contributed by atoms with E-state index in [0.29, 0.717) is 27.8 Å². The largest absolute Gasteiger partial charge is 0.461 e. The number of pyridine rings is 1. The number of carbonyl (C=O) groups is 1. The second kappa shape index (κ2) is 7.90. The topological polar surface area (TPSA) is 46.3 Å². The van der Waals surface area contributed by atoms with Crippen molar-refractivity contribution in [2.75, 3.05) is 4.90 Å². The van der Waals surface area contributed by atoms with E-state index in [1.807, 2.05) is 38.1 Å². The van der Waals surface area contributed by atoms with Gasteiger partial charge in [0.05, 0.1) is 6.54 Å². The zero-order valence-corrected chi connectivity index (χ0v) is 17.5. The SMILES string of the molecule is Cc1cc2cccc(CN(C(=O)c3ccncc3C)c3cc(Cl)cc(Cl)c3)c2o1. The summed E-state index contributed by atoms with van der Waals surface area (Å²) < 4.78 is 5.89. The van der Waals surface area contributed by atoms with E-state index in [4.69, 9.17) is 27.6 Å². The maximum atomic E-state index is 13.5. The van der Waals surface area contributed by atoms with E-state index in [1.54, 1.807) is 41.6 Å². The highest BCUT2D eigenvalue weighted by atomic mass is 35.5. The van der Waals surface area contributed by atoms with Gasteiger partial charge in [0.2, 0.25) is 0 Å². The molecule has 0 aliphatic carbocycles. The van der Waals surface area contributed by atoms with E-state index in [1.165, 1.54) is 0 Å². The Bertz CT molecular complexity index is 1200. The lowest BCUT2D eigenvalue weighted by atomic mass is 10.1. The number of hydrogen-bond acceptors (Lipinski definition) is 3. The zero-order chi connectivity index (χ0) is 20.5. The molecule has 0 fully saturated rings. The molecule has 0 aliphatic heterocycles. The first kappa shape index (κ1) is 19.5. The van der Waals surface area contributed by atoms with Crippen LogP contribution < -0.4 is 4.90 Å². The molecule has 0 saturated heterocycles. The Labute approximate surface area is 178 Å². The number of para-hydroxylation sites is 1. The lowest BCUT2D eigenvalue weighted by Crippen LogP contribution is -2.31. The van der Waals surface area contributed by atoms with Crippen LogP contribution in [0.4, 0.5) is 5.69 Å². The molecule has 1 amide bonds. The van der Waals surface area contributed by atoms with Crippen molar-refractivity contribution in [3.8, 4) is 0 Å². The van der Waals surface area contributed by atoms with Crippen molar-refractivity contribution >= 4 is 45.8 Å². The van der Waals surface area contributed by atoms with Gasteiger partial charge in [-0.15, -0.1) is 0 Å². The molecule has 0 spiro atoms. The average Bonchev–Trinajstić information content (AvgIpc) is 3.06. The van der Waals surface area contributed by atoms with Gasteiger partial charge in [0, 0.05) is 44.6 Å². The summed E-state index contributed by atoms with van der Waals surface area (Å²) >= 11 is 12.5. The minimum atomic E-state index is -0.163. The van der Waals surface area contributed by atoms with Gasteiger partial charge in [-0.05, 0) is 49.7 Å². The molecule has 2 aromatic heterocycles. The van der Waals surface area contributed by atoms with E-state index in [0.717, 1.165) is 27.9 Å². The van der Waals surface area contributed by atoms with Crippen molar-refractivity contribution in [1.29, 1.82) is 0 Å². The van der Waals surface area contributed by atoms with Crippen LogP contribution >= 0.6 is 23.2 Å². The number of aromatic nitrogens is 1. The van der Waals surface area contributed by atoms with Crippen LogP contribution in [-0.4, -0.2) is 10.9 Å². The van der Waals surface area contributed by atoms with Crippen LogP contribution in [0.25, 0.3) is 11.0 Å². The quantitative estimate of drug-likeness (QED) is 0.370. The number of benzene rings is 2. The Balaban J connectivity index is 1.83. The number of aryl methyl sites for hydroxylation is 2. The van der Waals surface area contributed by atoms with Gasteiger partial charge in [-0.25, -0.2) is 0 Å². The van der Waals surface area contributed by atoms with Crippen LogP contribution in [0.3, 0.4) is 0 Å². The lowest BCUT2D eigenvalue weighted by molar-refractivity contribution is 0.0984. The van der Waals surface area contributed by atoms with Crippen molar-refractivity contribution in [2.45, 2.75) is 20.4 Å². The molecule has 0 unspecified atom stereocenters. The van der Waals surface area contributed by atoms with Gasteiger partial charge >= 0.3 is 0 Å². The van der Waals surface area contributed by atoms with Crippen LogP contribution in [0.2, 0.25) is 10.0 Å². The van der Waals surface area contributed by atoms with Gasteiger partial charge in [0.1, 0.15) is 11.3 Å². The third-order valence-corrected chi connectivity index (χ3v) is 5.17. The molecule has 0 bridgehead atoms. The number of fused-ring (bicyclic) bond motifs is 1. The summed E-state index contributed by atoms with van der Waals surface area (Å²) in [5.41, 5.74) is 3.64. The Morgan fingerprint density at radius 2 is 1.83 bits per heavy atom. The summed E-state index contributed by atoms with van der Waals surface area (Å²) in [6.07, 6.45) is 3.28. The third-order valence-electron chi connectivity index (χ3n) is 4.73. The van der Waals surface area contributed by atoms with Crippen molar-refractivity contribution in [3.05, 3.63) is 93.4 Å². The van der Waals surface area contributed by atoms with E-state index in [2.05, 4.69) is 4.98 Å². The number of carbonyl (C=O) groups excluding carboxylic acids is 1. The molecular weight excluding hydrogens is 407 g/mol. The van der Waals surface area contributed by atoms with E-state index in [-0.39, 0.29) is 5.91 Å². The van der Waals surface area contributed by atoms with Gasteiger partial charge in [0.25, 0.3) is 5.91 Å². The number of furan rings is 1. The van der Waals surface area contributed by atoms with Gasteiger partial charge in [-0.2, -0.15) is 0 Å². The second-order valence-corrected chi connectivity index (χ2v) is 7.77. The lowest BCUT2D eigenvalue weighted by Gasteiger charge is -2.24. The maximum absolute atomic E-state index is 13.5. The fraction of sp³-hybridized carbons (Fsp3) is 0.130. The minimum absolute atomic E-state index is 0.163. The molecular formula is C23H18Cl2N2O2. The van der Waals surface area contributed by atoms with E-state index >= 15 is 0 Å². The molecule has 146 valence electrons. The summed E-state index contributed by atoms with van der Waals surface area (Å²) in [4.78, 5) is 19.3. The Kier molecular flexibility index (Phi) is 5.31. The van der Waals surface area contributed by atoms with Crippen molar-refractivity contribution in [1.82, 2.24) is 4.98 Å². The van der Waals surface area contributed by atoms with Gasteiger partial charge in [-0.1, -0.05) is 41.4 Å². The van der Waals surface area contributed by atoms with Crippen LogP contribution in [0.15, 0.2) is 65.3 Å². The predicted molar refractivity (Wildman–Crippen MR) is 117 cm³/mol. The second-order valence-electron chi connectivity index (χ2n) is 6.90. The van der Waals surface area contributed by atoms with Gasteiger partial charge < -0.3 is 9.32 Å². The van der Waals surface area contributed by atoms with Crippen LogP contribution in [-0.2, 0) is 6.54 Å². The molecule has 0 N–H and O–H groups in total. The molecule has 0 radical (unpaired) electrons. The Morgan fingerprint density at radius 3 is 2.55 bits per heavy atom. The average molecular weight is 425 g/mol. The van der Waals surface area contributed by atoms with Crippen LogP contribution in [0.1, 0.15) is 27.2 Å². The van der Waals surface area contributed by atoms with Crippen molar-refractivity contribution < 1.29 is 9.21 Å². The smallest absolute Gasteiger partial charge is 0.258 e. The van der Waals surface area contributed by atoms with Gasteiger partial charge in [0.15, 0.2) is 0 Å². The highest BCUT2D eigenvalue weighted by molar-refractivity contribution is 6.35. The summed E-state index contributed by atoms with van der Waals surface area (Å²) in [5.74, 6) is 0.657. The first-order valence-corrected chi connectivity index (χ1v) is 9.84. The first-order valence-electron chi connectivity index (χ1n) is 9.09. The summed E-state index contributed by atoms with van der Waals surface area (Å²) in [7, 11) is 0. The Morgan fingerprint density at radius 1 is 1.07 bits per heavy atom. The van der Waals surface area contributed by atoms with Crippen LogP contribution in [0.5, 0.6) is 0 Å². The highest BCUT2D eigenvalue weighted by Crippen LogP contribution is 2.30. The summed E-state index contributed by atoms with van der Waals surface area (Å²) in [5, 5.41) is 1.92. The first-order chi connectivity index (χ1) is 13.9. The zero-order valence-electron chi connectivity index (χ0n) is 15.9. The van der Waals surface area contributed by atoms with Gasteiger partial charge in [-0.3, -0.25) is 9.78 Å². The molecule has 0 atom stereocenters. The molecule has 6 heteroatoms. The molecule has 0 aliphatic rings. The number of nitrogens with zero attached hydrogens (tertiary/aromatic N) is 2. The molecule has 2 heterocycles. The van der Waals surface area contributed by atoms with E-state index < -0.39 is 0 Å². The number of rotatable bonds is 4. The molecule has 4 rings (SSSR count). The van der Waals surface area contributed by atoms with Crippen molar-refractivity contribution in [3.63, 3.8) is 0 Å². The minimum Gasteiger partial charge on any atom is -0.461 e. The monoisotopic (exact) mass is 424 g/mol.